The molecule has 4 N–H and O–H groups in total. The third-order valence-electron chi connectivity index (χ3n) is 2.77. The van der Waals surface area contributed by atoms with Gasteiger partial charge in [-0.2, -0.15) is 0 Å². The molecule has 1 atom stereocenters. The van der Waals surface area contributed by atoms with E-state index in [-0.39, 0.29) is 0 Å². The van der Waals surface area contributed by atoms with Crippen LogP contribution in [0.25, 0.3) is 0 Å². The summed E-state index contributed by atoms with van der Waals surface area (Å²) in [4.78, 5) is 1.36. The number of hydrogen-bond acceptors (Lipinski definition) is 3. The Morgan fingerprint density at radius 3 is 2.40 bits per heavy atom. The van der Waals surface area contributed by atoms with E-state index in [2.05, 4.69) is 13.0 Å². The molecule has 0 radical (unpaired) electrons. The molecular weight excluding hydrogens is 228 g/mol. The lowest BCUT2D eigenvalue weighted by Crippen LogP contribution is -2.24. The van der Waals surface area contributed by atoms with E-state index in [9.17, 15) is 0 Å². The zero-order valence-electron chi connectivity index (χ0n) is 9.08. The quantitative estimate of drug-likeness (QED) is 0.811. The predicted molar refractivity (Wildman–Crippen MR) is 68.6 cm³/mol. The first-order chi connectivity index (χ1) is 7.21. The maximum Gasteiger partial charge on any atom is 0.0931 e. The second-order valence-electron chi connectivity index (χ2n) is 3.82. The van der Waals surface area contributed by atoms with E-state index in [1.165, 1.54) is 4.88 Å². The standard InChI is InChI=1S/C11H19ClN2S/c1-2-9(5-8(6-13)7-14)10-3-4-11(12)15-10/h3-4,8-9H,2,5-7,13-14H2,1H3. The zero-order chi connectivity index (χ0) is 11.3. The van der Waals surface area contributed by atoms with Crippen molar-refractivity contribution in [2.24, 2.45) is 17.4 Å². The van der Waals surface area contributed by atoms with Gasteiger partial charge in [-0.3, -0.25) is 0 Å². The van der Waals surface area contributed by atoms with Gasteiger partial charge < -0.3 is 11.5 Å². The van der Waals surface area contributed by atoms with E-state index in [1.807, 2.05) is 6.07 Å². The van der Waals surface area contributed by atoms with Crippen LogP contribution in [0.1, 0.15) is 30.6 Å². The fourth-order valence-electron chi connectivity index (χ4n) is 1.72. The highest BCUT2D eigenvalue weighted by Gasteiger charge is 2.16. The van der Waals surface area contributed by atoms with Gasteiger partial charge >= 0.3 is 0 Å². The smallest absolute Gasteiger partial charge is 0.0931 e. The van der Waals surface area contributed by atoms with Crippen LogP contribution in [-0.2, 0) is 0 Å². The Hall–Kier alpha value is -0.0900. The summed E-state index contributed by atoms with van der Waals surface area (Å²) in [6, 6.07) is 4.08. The van der Waals surface area contributed by atoms with Crippen LogP contribution >= 0.6 is 22.9 Å². The number of rotatable bonds is 6. The molecule has 0 aliphatic carbocycles. The van der Waals surface area contributed by atoms with Crippen LogP contribution in [0.2, 0.25) is 4.34 Å². The second kappa shape index (κ2) is 6.48. The molecule has 1 heterocycles. The molecule has 0 amide bonds. The van der Waals surface area contributed by atoms with Crippen molar-refractivity contribution in [1.82, 2.24) is 0 Å². The average Bonchev–Trinajstić information content (AvgIpc) is 2.67. The Morgan fingerprint density at radius 2 is 2.00 bits per heavy atom. The van der Waals surface area contributed by atoms with E-state index < -0.39 is 0 Å². The fourth-order valence-corrected chi connectivity index (χ4v) is 2.98. The highest BCUT2D eigenvalue weighted by molar-refractivity contribution is 7.16. The molecule has 0 saturated carbocycles. The molecule has 2 nitrogen and oxygen atoms in total. The molecule has 0 aliphatic rings. The Morgan fingerprint density at radius 1 is 1.33 bits per heavy atom. The van der Waals surface area contributed by atoms with Crippen molar-refractivity contribution < 1.29 is 0 Å². The van der Waals surface area contributed by atoms with Crippen LogP contribution in [0.4, 0.5) is 0 Å². The molecule has 1 aromatic rings. The number of nitrogens with two attached hydrogens (primary N) is 2. The molecule has 0 aromatic carbocycles. The summed E-state index contributed by atoms with van der Waals surface area (Å²) >= 11 is 7.60. The van der Waals surface area contributed by atoms with Gasteiger partial charge in [0.05, 0.1) is 4.34 Å². The van der Waals surface area contributed by atoms with E-state index in [0.717, 1.165) is 17.2 Å². The van der Waals surface area contributed by atoms with Gasteiger partial charge in [0.2, 0.25) is 0 Å². The first-order valence-corrected chi connectivity index (χ1v) is 6.56. The van der Waals surface area contributed by atoms with Crippen molar-refractivity contribution in [1.29, 1.82) is 0 Å². The van der Waals surface area contributed by atoms with Crippen LogP contribution in [0.15, 0.2) is 12.1 Å². The molecule has 1 rings (SSSR count). The van der Waals surface area contributed by atoms with E-state index in [0.29, 0.717) is 24.9 Å². The lowest BCUT2D eigenvalue weighted by Gasteiger charge is -2.19. The Bertz CT molecular complexity index is 284. The summed E-state index contributed by atoms with van der Waals surface area (Å²) in [6.07, 6.45) is 2.19. The largest absolute Gasteiger partial charge is 0.330 e. The zero-order valence-corrected chi connectivity index (χ0v) is 10.7. The minimum absolute atomic E-state index is 0.427. The van der Waals surface area contributed by atoms with E-state index >= 15 is 0 Å². The van der Waals surface area contributed by atoms with Gasteiger partial charge in [-0.1, -0.05) is 18.5 Å². The normalized spacial score (nSPS) is 13.4. The van der Waals surface area contributed by atoms with Gasteiger partial charge in [0.15, 0.2) is 0 Å². The summed E-state index contributed by atoms with van der Waals surface area (Å²) in [5.41, 5.74) is 11.3. The Labute approximate surface area is 101 Å². The Kier molecular flexibility index (Phi) is 5.61. The highest BCUT2D eigenvalue weighted by Crippen LogP contribution is 2.33. The van der Waals surface area contributed by atoms with E-state index in [4.69, 9.17) is 23.1 Å². The van der Waals surface area contributed by atoms with Crippen molar-refractivity contribution in [3.05, 3.63) is 21.3 Å². The molecule has 0 spiro atoms. The summed E-state index contributed by atoms with van der Waals surface area (Å²) in [6.45, 7) is 3.54. The van der Waals surface area contributed by atoms with Crippen LogP contribution in [0.5, 0.6) is 0 Å². The van der Waals surface area contributed by atoms with Crippen molar-refractivity contribution in [2.45, 2.75) is 25.7 Å². The molecule has 0 bridgehead atoms. The fraction of sp³-hybridized carbons (Fsp3) is 0.636. The van der Waals surface area contributed by atoms with Gasteiger partial charge in [0, 0.05) is 4.88 Å². The molecule has 0 saturated heterocycles. The van der Waals surface area contributed by atoms with Gasteiger partial charge in [0.1, 0.15) is 0 Å². The monoisotopic (exact) mass is 246 g/mol. The minimum atomic E-state index is 0.427. The number of thiophene rings is 1. The van der Waals surface area contributed by atoms with Crippen molar-refractivity contribution in [3.8, 4) is 0 Å². The highest BCUT2D eigenvalue weighted by atomic mass is 35.5. The molecule has 1 unspecified atom stereocenters. The van der Waals surface area contributed by atoms with Gasteiger partial charge in [-0.25, -0.2) is 0 Å². The maximum absolute atomic E-state index is 5.93. The Balaban J connectivity index is 2.63. The maximum atomic E-state index is 5.93. The molecule has 4 heteroatoms. The van der Waals surface area contributed by atoms with E-state index in [1.54, 1.807) is 11.3 Å². The first kappa shape index (κ1) is 13.0. The van der Waals surface area contributed by atoms with Crippen molar-refractivity contribution in [3.63, 3.8) is 0 Å². The summed E-state index contributed by atoms with van der Waals surface area (Å²) < 4.78 is 0.862. The van der Waals surface area contributed by atoms with Gasteiger partial charge in [-0.15, -0.1) is 11.3 Å². The average molecular weight is 247 g/mol. The molecule has 15 heavy (non-hydrogen) atoms. The van der Waals surface area contributed by atoms with Crippen LogP contribution in [0, 0.1) is 5.92 Å². The topological polar surface area (TPSA) is 52.0 Å². The summed E-state index contributed by atoms with van der Waals surface area (Å²) in [5, 5.41) is 0. The summed E-state index contributed by atoms with van der Waals surface area (Å²) in [7, 11) is 0. The third-order valence-corrected chi connectivity index (χ3v) is 4.17. The predicted octanol–water partition coefficient (Wildman–Crippen LogP) is 2.82. The van der Waals surface area contributed by atoms with Crippen LogP contribution in [0.3, 0.4) is 0 Å². The minimum Gasteiger partial charge on any atom is -0.330 e. The lowest BCUT2D eigenvalue weighted by molar-refractivity contribution is 0.446. The second-order valence-corrected chi connectivity index (χ2v) is 5.57. The number of halogens is 1. The molecule has 0 aliphatic heterocycles. The molecule has 0 fully saturated rings. The van der Waals surface area contributed by atoms with Gasteiger partial charge in [-0.05, 0) is 49.9 Å². The molecule has 86 valence electrons. The van der Waals surface area contributed by atoms with Crippen LogP contribution < -0.4 is 11.5 Å². The SMILES string of the molecule is CCC(CC(CN)CN)c1ccc(Cl)s1. The van der Waals surface area contributed by atoms with Crippen molar-refractivity contribution in [2.75, 3.05) is 13.1 Å². The molecular formula is C11H19ClN2S. The lowest BCUT2D eigenvalue weighted by atomic mass is 9.91. The van der Waals surface area contributed by atoms with Crippen LogP contribution in [-0.4, -0.2) is 13.1 Å². The number of hydrogen-bond donors (Lipinski definition) is 2. The van der Waals surface area contributed by atoms with Crippen molar-refractivity contribution >= 4 is 22.9 Å². The summed E-state index contributed by atoms with van der Waals surface area (Å²) in [5.74, 6) is 0.982. The first-order valence-electron chi connectivity index (χ1n) is 5.36. The van der Waals surface area contributed by atoms with Gasteiger partial charge in [0.25, 0.3) is 0 Å². The third kappa shape index (κ3) is 3.76. The molecule has 1 aromatic heterocycles.